The fraction of sp³-hybridized carbons (Fsp3) is 0.562. The molecule has 0 aromatic heterocycles. The normalized spacial score (nSPS) is 13.7. The lowest BCUT2D eigenvalue weighted by atomic mass is 9.95. The zero-order valence-electron chi connectivity index (χ0n) is 12.9. The second-order valence-electron chi connectivity index (χ2n) is 5.18. The van der Waals surface area contributed by atoms with Gasteiger partial charge in [-0.15, -0.1) is 0 Å². The van der Waals surface area contributed by atoms with Crippen LogP contribution < -0.4 is 10.1 Å². The van der Waals surface area contributed by atoms with Crippen molar-refractivity contribution >= 4 is 5.97 Å². The van der Waals surface area contributed by atoms with E-state index in [0.29, 0.717) is 6.54 Å². The molecule has 0 saturated carbocycles. The predicted octanol–water partition coefficient (Wildman–Crippen LogP) is 2.27. The Labute approximate surface area is 125 Å². The highest BCUT2D eigenvalue weighted by atomic mass is 16.5. The van der Waals surface area contributed by atoms with Gasteiger partial charge in [0.25, 0.3) is 0 Å². The molecule has 0 aliphatic heterocycles. The number of aliphatic hydroxyl groups excluding tert-OH is 1. The minimum absolute atomic E-state index is 0.115. The van der Waals surface area contributed by atoms with Gasteiger partial charge < -0.3 is 20.3 Å². The van der Waals surface area contributed by atoms with E-state index >= 15 is 0 Å². The monoisotopic (exact) mass is 295 g/mol. The maximum Gasteiger partial charge on any atom is 0.305 e. The van der Waals surface area contributed by atoms with Crippen molar-refractivity contribution in [3.05, 3.63) is 29.3 Å². The van der Waals surface area contributed by atoms with Crippen molar-refractivity contribution in [3.63, 3.8) is 0 Å². The third kappa shape index (κ3) is 5.36. The molecule has 2 unspecified atom stereocenters. The average molecular weight is 295 g/mol. The molecule has 0 aliphatic carbocycles. The van der Waals surface area contributed by atoms with Crippen molar-refractivity contribution in [2.24, 2.45) is 0 Å². The highest BCUT2D eigenvalue weighted by Crippen LogP contribution is 2.26. The third-order valence-electron chi connectivity index (χ3n) is 3.51. The first-order chi connectivity index (χ1) is 9.99. The number of ether oxygens (including phenoxy) is 1. The molecule has 3 N–H and O–H groups in total. The highest BCUT2D eigenvalue weighted by molar-refractivity contribution is 5.67. The minimum Gasteiger partial charge on any atom is -0.497 e. The summed E-state index contributed by atoms with van der Waals surface area (Å²) in [5.41, 5.74) is 1.61. The maximum absolute atomic E-state index is 11.0. The zero-order chi connectivity index (χ0) is 15.8. The van der Waals surface area contributed by atoms with E-state index in [1.54, 1.807) is 19.2 Å². The molecule has 0 aliphatic rings. The van der Waals surface area contributed by atoms with Crippen molar-refractivity contribution in [1.82, 2.24) is 5.32 Å². The lowest BCUT2D eigenvalue weighted by Gasteiger charge is -2.24. The van der Waals surface area contributed by atoms with Gasteiger partial charge in [0.2, 0.25) is 0 Å². The van der Waals surface area contributed by atoms with Crippen LogP contribution >= 0.6 is 0 Å². The number of nitrogens with one attached hydrogen (secondary N) is 1. The van der Waals surface area contributed by atoms with Gasteiger partial charge in [-0.2, -0.15) is 0 Å². The summed E-state index contributed by atoms with van der Waals surface area (Å²) in [4.78, 5) is 11.0. The molecule has 0 heterocycles. The molecule has 21 heavy (non-hydrogen) atoms. The Kier molecular flexibility index (Phi) is 7.19. The van der Waals surface area contributed by atoms with Crippen LogP contribution in [0, 0.1) is 6.92 Å². The van der Waals surface area contributed by atoms with Gasteiger partial charge in [-0.3, -0.25) is 4.79 Å². The fourth-order valence-electron chi connectivity index (χ4n) is 2.27. The molecule has 1 rings (SSSR count). The van der Waals surface area contributed by atoms with Crippen LogP contribution in [0.4, 0.5) is 0 Å². The summed E-state index contributed by atoms with van der Waals surface area (Å²) in [5, 5.41) is 22.7. The molecule has 0 bridgehead atoms. The number of unbranched alkanes of at least 4 members (excludes halogenated alkanes) is 1. The summed E-state index contributed by atoms with van der Waals surface area (Å²) in [6.07, 6.45) is 0.995. The molecule has 2 atom stereocenters. The lowest BCUT2D eigenvalue weighted by Crippen LogP contribution is -2.37. The quantitative estimate of drug-likeness (QED) is 0.609. The van der Waals surface area contributed by atoms with Gasteiger partial charge in [-0.05, 0) is 43.1 Å². The number of aliphatic carboxylic acids is 1. The molecular formula is C16H25NO4. The first-order valence-corrected chi connectivity index (χ1v) is 7.27. The molecule has 0 amide bonds. The van der Waals surface area contributed by atoms with Crippen LogP contribution in [-0.2, 0) is 4.79 Å². The highest BCUT2D eigenvalue weighted by Gasteiger charge is 2.24. The number of rotatable bonds is 9. The van der Waals surface area contributed by atoms with Gasteiger partial charge in [0.05, 0.1) is 19.6 Å². The van der Waals surface area contributed by atoms with Crippen molar-refractivity contribution in [2.45, 2.75) is 45.3 Å². The van der Waals surface area contributed by atoms with E-state index in [4.69, 9.17) is 9.84 Å². The number of aryl methyl sites for hydroxylation is 1. The molecule has 1 aromatic carbocycles. The van der Waals surface area contributed by atoms with Crippen LogP contribution in [0.2, 0.25) is 0 Å². The molecule has 0 spiro atoms. The second kappa shape index (κ2) is 8.64. The topological polar surface area (TPSA) is 78.8 Å². The number of benzene rings is 1. The Balaban J connectivity index is 2.87. The molecule has 1 aromatic rings. The van der Waals surface area contributed by atoms with Crippen LogP contribution in [0.25, 0.3) is 0 Å². The molecule has 0 saturated heterocycles. The standard InChI is InChI=1S/C16H25NO4/c1-4-5-8-17-14(10-15(18)19)16(20)13-7-6-12(21-3)9-11(13)2/h6-7,9,14,16-17,20H,4-5,8,10H2,1-3H3,(H,18,19). The predicted molar refractivity (Wildman–Crippen MR) is 81.6 cm³/mol. The van der Waals surface area contributed by atoms with E-state index in [0.717, 1.165) is 29.7 Å². The van der Waals surface area contributed by atoms with E-state index in [-0.39, 0.29) is 6.42 Å². The molecule has 5 heteroatoms. The first-order valence-electron chi connectivity index (χ1n) is 7.27. The van der Waals surface area contributed by atoms with Gasteiger partial charge in [-0.25, -0.2) is 0 Å². The van der Waals surface area contributed by atoms with Gasteiger partial charge in [0.15, 0.2) is 0 Å². The number of hydrogen-bond donors (Lipinski definition) is 3. The number of aliphatic hydroxyl groups is 1. The Hall–Kier alpha value is -1.59. The van der Waals surface area contributed by atoms with Crippen LogP contribution in [0.15, 0.2) is 18.2 Å². The van der Waals surface area contributed by atoms with E-state index in [2.05, 4.69) is 12.2 Å². The summed E-state index contributed by atoms with van der Waals surface area (Å²) in [6.45, 7) is 4.64. The fourth-order valence-corrected chi connectivity index (χ4v) is 2.27. The SMILES string of the molecule is CCCCNC(CC(=O)O)C(O)c1ccc(OC)cc1C. The maximum atomic E-state index is 11.0. The number of hydrogen-bond acceptors (Lipinski definition) is 4. The lowest BCUT2D eigenvalue weighted by molar-refractivity contribution is -0.138. The molecule has 0 radical (unpaired) electrons. The first kappa shape index (κ1) is 17.5. The molecule has 0 fully saturated rings. The van der Waals surface area contributed by atoms with Gasteiger partial charge in [0, 0.05) is 6.04 Å². The van der Waals surface area contributed by atoms with E-state index in [1.165, 1.54) is 0 Å². The summed E-state index contributed by atoms with van der Waals surface area (Å²) in [6, 6.07) is 4.90. The zero-order valence-corrected chi connectivity index (χ0v) is 12.9. The van der Waals surface area contributed by atoms with Gasteiger partial charge >= 0.3 is 5.97 Å². The van der Waals surface area contributed by atoms with Crippen LogP contribution in [0.3, 0.4) is 0 Å². The number of carboxylic acid groups (broad SMARTS) is 1. The number of carboxylic acids is 1. The van der Waals surface area contributed by atoms with Gasteiger partial charge in [-0.1, -0.05) is 19.4 Å². The average Bonchev–Trinajstić information content (AvgIpc) is 2.45. The van der Waals surface area contributed by atoms with Crippen molar-refractivity contribution in [3.8, 4) is 5.75 Å². The van der Waals surface area contributed by atoms with E-state index in [1.807, 2.05) is 13.0 Å². The number of methoxy groups -OCH3 is 1. The second-order valence-corrected chi connectivity index (χ2v) is 5.18. The van der Waals surface area contributed by atoms with Crippen LogP contribution in [0.5, 0.6) is 5.75 Å². The van der Waals surface area contributed by atoms with Crippen molar-refractivity contribution < 1.29 is 19.7 Å². The molecular weight excluding hydrogens is 270 g/mol. The largest absolute Gasteiger partial charge is 0.497 e. The Bertz CT molecular complexity index is 462. The summed E-state index contributed by atoms with van der Waals surface area (Å²) < 4.78 is 5.14. The van der Waals surface area contributed by atoms with Crippen LogP contribution in [0.1, 0.15) is 43.4 Å². The van der Waals surface area contributed by atoms with Crippen molar-refractivity contribution in [1.29, 1.82) is 0 Å². The van der Waals surface area contributed by atoms with E-state index < -0.39 is 18.1 Å². The Morgan fingerprint density at radius 1 is 1.43 bits per heavy atom. The Morgan fingerprint density at radius 2 is 2.14 bits per heavy atom. The van der Waals surface area contributed by atoms with Crippen LogP contribution in [-0.4, -0.2) is 35.9 Å². The van der Waals surface area contributed by atoms with E-state index in [9.17, 15) is 9.90 Å². The van der Waals surface area contributed by atoms with Crippen molar-refractivity contribution in [2.75, 3.05) is 13.7 Å². The number of carbonyl (C=O) groups is 1. The third-order valence-corrected chi connectivity index (χ3v) is 3.51. The summed E-state index contributed by atoms with van der Waals surface area (Å²) in [7, 11) is 1.59. The minimum atomic E-state index is -0.922. The molecule has 118 valence electrons. The summed E-state index contributed by atoms with van der Waals surface area (Å²) >= 11 is 0. The van der Waals surface area contributed by atoms with Gasteiger partial charge in [0.1, 0.15) is 5.75 Å². The smallest absolute Gasteiger partial charge is 0.305 e. The molecule has 5 nitrogen and oxygen atoms in total. The Morgan fingerprint density at radius 3 is 2.67 bits per heavy atom. The summed E-state index contributed by atoms with van der Waals surface area (Å²) in [5.74, 6) is -0.202.